The van der Waals surface area contributed by atoms with Crippen LogP contribution in [0.3, 0.4) is 0 Å². The van der Waals surface area contributed by atoms with Gasteiger partial charge >= 0.3 is 0 Å². The second-order valence-corrected chi connectivity index (χ2v) is 5.17. The highest BCUT2D eigenvalue weighted by Gasteiger charge is 2.22. The van der Waals surface area contributed by atoms with Crippen molar-refractivity contribution in [1.29, 1.82) is 0 Å². The molecular weight excluding hydrogens is 224 g/mol. The third-order valence-corrected chi connectivity index (χ3v) is 3.99. The van der Waals surface area contributed by atoms with Crippen LogP contribution >= 0.6 is 0 Å². The van der Waals surface area contributed by atoms with E-state index in [-0.39, 0.29) is 0 Å². The second-order valence-electron chi connectivity index (χ2n) is 5.17. The SMILES string of the molecule is CNC(CC1CCCCC1)c1ncccc1OC. The minimum Gasteiger partial charge on any atom is -0.495 e. The molecule has 0 bridgehead atoms. The predicted octanol–water partition coefficient (Wildman–Crippen LogP) is 3.32. The summed E-state index contributed by atoms with van der Waals surface area (Å²) in [7, 11) is 3.73. The van der Waals surface area contributed by atoms with E-state index < -0.39 is 0 Å². The first-order valence-corrected chi connectivity index (χ1v) is 7.01. The van der Waals surface area contributed by atoms with Crippen molar-refractivity contribution in [2.24, 2.45) is 5.92 Å². The van der Waals surface area contributed by atoms with Gasteiger partial charge in [0.2, 0.25) is 0 Å². The van der Waals surface area contributed by atoms with E-state index >= 15 is 0 Å². The highest BCUT2D eigenvalue weighted by Crippen LogP contribution is 2.33. The molecule has 1 aliphatic carbocycles. The first-order valence-electron chi connectivity index (χ1n) is 7.01. The van der Waals surface area contributed by atoms with Crippen molar-refractivity contribution in [3.05, 3.63) is 24.0 Å². The molecule has 1 atom stereocenters. The molecule has 1 aliphatic rings. The number of pyridine rings is 1. The summed E-state index contributed by atoms with van der Waals surface area (Å²) in [5, 5.41) is 3.40. The molecule has 0 amide bonds. The van der Waals surface area contributed by atoms with Gasteiger partial charge in [0.15, 0.2) is 0 Å². The molecule has 1 N–H and O–H groups in total. The van der Waals surface area contributed by atoms with Crippen molar-refractivity contribution < 1.29 is 4.74 Å². The summed E-state index contributed by atoms with van der Waals surface area (Å²) in [6.45, 7) is 0. The van der Waals surface area contributed by atoms with Crippen LogP contribution in [0.4, 0.5) is 0 Å². The highest BCUT2D eigenvalue weighted by atomic mass is 16.5. The van der Waals surface area contributed by atoms with Gasteiger partial charge in [-0.15, -0.1) is 0 Å². The Bertz CT molecular complexity index is 361. The molecule has 0 spiro atoms. The summed E-state index contributed by atoms with van der Waals surface area (Å²) >= 11 is 0. The number of rotatable bonds is 5. The Morgan fingerprint density at radius 2 is 2.17 bits per heavy atom. The zero-order valence-electron chi connectivity index (χ0n) is 11.5. The number of methoxy groups -OCH3 is 1. The van der Waals surface area contributed by atoms with E-state index in [9.17, 15) is 0 Å². The molecule has 3 nitrogen and oxygen atoms in total. The Kier molecular flexibility index (Phi) is 5.00. The van der Waals surface area contributed by atoms with E-state index in [1.165, 1.54) is 38.5 Å². The average Bonchev–Trinajstić information content (AvgIpc) is 2.46. The second kappa shape index (κ2) is 6.74. The van der Waals surface area contributed by atoms with Gasteiger partial charge in [-0.3, -0.25) is 4.98 Å². The first kappa shape index (κ1) is 13.3. The van der Waals surface area contributed by atoms with Gasteiger partial charge in [0.1, 0.15) is 5.75 Å². The molecule has 100 valence electrons. The zero-order valence-corrected chi connectivity index (χ0v) is 11.5. The zero-order chi connectivity index (χ0) is 12.8. The van der Waals surface area contributed by atoms with Crippen molar-refractivity contribution in [1.82, 2.24) is 10.3 Å². The normalized spacial score (nSPS) is 18.6. The van der Waals surface area contributed by atoms with Gasteiger partial charge in [-0.25, -0.2) is 0 Å². The monoisotopic (exact) mass is 248 g/mol. The number of aromatic nitrogens is 1. The molecule has 1 aromatic rings. The van der Waals surface area contributed by atoms with Gasteiger partial charge in [0.05, 0.1) is 18.8 Å². The van der Waals surface area contributed by atoms with Crippen LogP contribution < -0.4 is 10.1 Å². The van der Waals surface area contributed by atoms with Crippen molar-refractivity contribution in [2.45, 2.75) is 44.6 Å². The largest absolute Gasteiger partial charge is 0.495 e. The third-order valence-electron chi connectivity index (χ3n) is 3.99. The highest BCUT2D eigenvalue weighted by molar-refractivity contribution is 5.29. The Morgan fingerprint density at radius 1 is 1.39 bits per heavy atom. The summed E-state index contributed by atoms with van der Waals surface area (Å²) in [5.41, 5.74) is 1.05. The molecule has 1 saturated carbocycles. The predicted molar refractivity (Wildman–Crippen MR) is 73.8 cm³/mol. The lowest BCUT2D eigenvalue weighted by molar-refractivity contribution is 0.298. The van der Waals surface area contributed by atoms with Crippen LogP contribution in [0.5, 0.6) is 5.75 Å². The molecule has 18 heavy (non-hydrogen) atoms. The minimum absolute atomic E-state index is 0.309. The summed E-state index contributed by atoms with van der Waals surface area (Å²) < 4.78 is 5.41. The Hall–Kier alpha value is -1.09. The Balaban J connectivity index is 2.07. The minimum atomic E-state index is 0.309. The quantitative estimate of drug-likeness (QED) is 0.868. The summed E-state index contributed by atoms with van der Waals surface area (Å²) in [6, 6.07) is 4.23. The van der Waals surface area contributed by atoms with Crippen LogP contribution in [0.1, 0.15) is 50.3 Å². The fourth-order valence-electron chi connectivity index (χ4n) is 2.96. The van der Waals surface area contributed by atoms with Gasteiger partial charge in [-0.1, -0.05) is 32.1 Å². The lowest BCUT2D eigenvalue weighted by Crippen LogP contribution is -2.22. The maximum Gasteiger partial charge on any atom is 0.141 e. The van der Waals surface area contributed by atoms with Crippen molar-refractivity contribution >= 4 is 0 Å². The summed E-state index contributed by atoms with van der Waals surface area (Å²) in [6.07, 6.45) is 9.95. The van der Waals surface area contributed by atoms with E-state index in [2.05, 4.69) is 10.3 Å². The molecule has 1 fully saturated rings. The fraction of sp³-hybridized carbons (Fsp3) is 0.667. The van der Waals surface area contributed by atoms with Crippen LogP contribution in [0.2, 0.25) is 0 Å². The molecule has 3 heteroatoms. The molecule has 0 saturated heterocycles. The van der Waals surface area contributed by atoms with Crippen molar-refractivity contribution in [3.63, 3.8) is 0 Å². The molecular formula is C15H24N2O. The van der Waals surface area contributed by atoms with Crippen LogP contribution in [-0.2, 0) is 0 Å². The maximum atomic E-state index is 5.41. The van der Waals surface area contributed by atoms with Gasteiger partial charge in [0, 0.05) is 6.20 Å². The molecule has 0 radical (unpaired) electrons. The number of hydrogen-bond acceptors (Lipinski definition) is 3. The van der Waals surface area contributed by atoms with E-state index in [0.29, 0.717) is 6.04 Å². The van der Waals surface area contributed by atoms with Gasteiger partial charge in [-0.2, -0.15) is 0 Å². The molecule has 1 heterocycles. The molecule has 2 rings (SSSR count). The van der Waals surface area contributed by atoms with Crippen LogP contribution in [0.15, 0.2) is 18.3 Å². The first-order chi connectivity index (χ1) is 8.85. The standard InChI is InChI=1S/C15H24N2O/c1-16-13(11-12-7-4-3-5-8-12)15-14(18-2)9-6-10-17-15/h6,9-10,12-13,16H,3-5,7-8,11H2,1-2H3. The van der Waals surface area contributed by atoms with Crippen molar-refractivity contribution in [2.75, 3.05) is 14.2 Å². The number of hydrogen-bond donors (Lipinski definition) is 1. The van der Waals surface area contributed by atoms with Crippen LogP contribution in [0, 0.1) is 5.92 Å². The molecule has 1 unspecified atom stereocenters. The van der Waals surface area contributed by atoms with Gasteiger partial charge < -0.3 is 10.1 Å². The lowest BCUT2D eigenvalue weighted by atomic mass is 9.84. The summed E-state index contributed by atoms with van der Waals surface area (Å²) in [4.78, 5) is 4.50. The van der Waals surface area contributed by atoms with E-state index in [0.717, 1.165) is 17.4 Å². The maximum absolute atomic E-state index is 5.41. The van der Waals surface area contributed by atoms with Crippen molar-refractivity contribution in [3.8, 4) is 5.75 Å². The van der Waals surface area contributed by atoms with Gasteiger partial charge in [-0.05, 0) is 31.5 Å². The summed E-state index contributed by atoms with van der Waals surface area (Å²) in [5.74, 6) is 1.73. The third kappa shape index (κ3) is 3.22. The average molecular weight is 248 g/mol. The Labute approximate surface area is 110 Å². The molecule has 0 aromatic carbocycles. The molecule has 1 aromatic heterocycles. The number of nitrogens with zero attached hydrogens (tertiary/aromatic N) is 1. The van der Waals surface area contributed by atoms with Crippen LogP contribution in [0.25, 0.3) is 0 Å². The smallest absolute Gasteiger partial charge is 0.141 e. The number of nitrogens with one attached hydrogen (secondary N) is 1. The molecule has 0 aliphatic heterocycles. The Morgan fingerprint density at radius 3 is 2.83 bits per heavy atom. The number of ether oxygens (including phenoxy) is 1. The topological polar surface area (TPSA) is 34.2 Å². The van der Waals surface area contributed by atoms with E-state index in [1.807, 2.05) is 25.4 Å². The van der Waals surface area contributed by atoms with E-state index in [1.54, 1.807) is 7.11 Å². The van der Waals surface area contributed by atoms with E-state index in [4.69, 9.17) is 4.74 Å². The lowest BCUT2D eigenvalue weighted by Gasteiger charge is -2.26. The fourth-order valence-corrected chi connectivity index (χ4v) is 2.96. The van der Waals surface area contributed by atoms with Crippen LogP contribution in [-0.4, -0.2) is 19.1 Å². The van der Waals surface area contributed by atoms with Gasteiger partial charge in [0.25, 0.3) is 0 Å².